The molecule has 1 aromatic rings. The Bertz CT molecular complexity index is 312. The third-order valence-electron chi connectivity index (χ3n) is 2.21. The molecule has 3 heteroatoms. The molecule has 0 aliphatic heterocycles. The van der Waals surface area contributed by atoms with Crippen molar-refractivity contribution in [1.82, 2.24) is 0 Å². The zero-order valence-corrected chi connectivity index (χ0v) is 8.94. The molecule has 0 aromatic carbocycles. The molecule has 0 aliphatic carbocycles. The molecular formula is C10H14O2S. The average Bonchev–Trinajstić information content (AvgIpc) is 2.51. The van der Waals surface area contributed by atoms with Gasteiger partial charge in [0, 0.05) is 4.88 Å². The van der Waals surface area contributed by atoms with Crippen LogP contribution in [0.3, 0.4) is 0 Å². The van der Waals surface area contributed by atoms with Crippen LogP contribution in [0.4, 0.5) is 0 Å². The molecule has 1 heterocycles. The smallest absolute Gasteiger partial charge is 0.314 e. The highest BCUT2D eigenvalue weighted by molar-refractivity contribution is 7.10. The van der Waals surface area contributed by atoms with Gasteiger partial charge < -0.3 is 5.11 Å². The van der Waals surface area contributed by atoms with E-state index in [1.807, 2.05) is 11.4 Å². The van der Waals surface area contributed by atoms with Gasteiger partial charge in [-0.05, 0) is 37.3 Å². The van der Waals surface area contributed by atoms with Crippen LogP contribution in [0.2, 0.25) is 0 Å². The summed E-state index contributed by atoms with van der Waals surface area (Å²) < 4.78 is 0. The monoisotopic (exact) mass is 198 g/mol. The summed E-state index contributed by atoms with van der Waals surface area (Å²) in [7, 11) is 0. The van der Waals surface area contributed by atoms with Gasteiger partial charge in [-0.3, -0.25) is 4.79 Å². The predicted octanol–water partition coefficient (Wildman–Crippen LogP) is 2.67. The lowest BCUT2D eigenvalue weighted by molar-refractivity contribution is -0.142. The van der Waals surface area contributed by atoms with Crippen LogP contribution in [-0.2, 0) is 16.6 Å². The molecule has 0 radical (unpaired) electrons. The molecule has 0 atom stereocenters. The summed E-state index contributed by atoms with van der Waals surface area (Å²) in [6, 6.07) is 1.98. The summed E-state index contributed by atoms with van der Waals surface area (Å²) in [5.74, 6) is -0.767. The van der Waals surface area contributed by atoms with Crippen molar-refractivity contribution in [3.63, 3.8) is 0 Å². The van der Waals surface area contributed by atoms with Gasteiger partial charge in [-0.15, -0.1) is 11.3 Å². The molecule has 0 saturated carbocycles. The van der Waals surface area contributed by atoms with Crippen LogP contribution in [0.15, 0.2) is 11.4 Å². The minimum Gasteiger partial charge on any atom is -0.481 e. The van der Waals surface area contributed by atoms with Gasteiger partial charge in [0.1, 0.15) is 0 Å². The van der Waals surface area contributed by atoms with Gasteiger partial charge in [0.25, 0.3) is 0 Å². The van der Waals surface area contributed by atoms with E-state index in [1.165, 1.54) is 16.9 Å². The highest BCUT2D eigenvalue weighted by Crippen LogP contribution is 2.29. The Balaban J connectivity index is 3.00. The third kappa shape index (κ3) is 1.91. The zero-order valence-electron chi connectivity index (χ0n) is 8.13. The van der Waals surface area contributed by atoms with Crippen LogP contribution in [-0.4, -0.2) is 11.1 Å². The molecule has 13 heavy (non-hydrogen) atoms. The fourth-order valence-electron chi connectivity index (χ4n) is 0.994. The van der Waals surface area contributed by atoms with E-state index in [0.29, 0.717) is 0 Å². The fraction of sp³-hybridized carbons (Fsp3) is 0.500. The quantitative estimate of drug-likeness (QED) is 0.810. The summed E-state index contributed by atoms with van der Waals surface area (Å²) in [6.45, 7) is 5.54. The van der Waals surface area contributed by atoms with Crippen molar-refractivity contribution in [2.24, 2.45) is 0 Å². The maximum absolute atomic E-state index is 10.9. The Labute approximate surface area is 82.2 Å². The van der Waals surface area contributed by atoms with E-state index < -0.39 is 11.4 Å². The number of carboxylic acid groups (broad SMARTS) is 1. The molecular weight excluding hydrogens is 184 g/mol. The van der Waals surface area contributed by atoms with Gasteiger partial charge in [-0.1, -0.05) is 6.92 Å². The number of aryl methyl sites for hydroxylation is 1. The highest BCUT2D eigenvalue weighted by atomic mass is 32.1. The molecule has 72 valence electrons. The molecule has 1 aromatic heterocycles. The van der Waals surface area contributed by atoms with Crippen molar-refractivity contribution in [3.8, 4) is 0 Å². The summed E-state index contributed by atoms with van der Waals surface area (Å²) >= 11 is 1.53. The van der Waals surface area contributed by atoms with Crippen LogP contribution >= 0.6 is 11.3 Å². The Morgan fingerprint density at radius 2 is 2.23 bits per heavy atom. The van der Waals surface area contributed by atoms with Crippen LogP contribution in [0.1, 0.15) is 31.2 Å². The fourth-order valence-corrected chi connectivity index (χ4v) is 2.11. The van der Waals surface area contributed by atoms with Crippen molar-refractivity contribution in [2.45, 2.75) is 32.6 Å². The van der Waals surface area contributed by atoms with Crippen LogP contribution in [0.25, 0.3) is 0 Å². The lowest BCUT2D eigenvalue weighted by atomic mass is 9.91. The number of hydrogen-bond acceptors (Lipinski definition) is 2. The second-order valence-electron chi connectivity index (χ2n) is 3.60. The molecule has 1 N–H and O–H groups in total. The molecule has 0 fully saturated rings. The number of thiophene rings is 1. The third-order valence-corrected chi connectivity index (χ3v) is 3.52. The largest absolute Gasteiger partial charge is 0.481 e. The Hall–Kier alpha value is -0.830. The van der Waals surface area contributed by atoms with Gasteiger partial charge in [0.15, 0.2) is 0 Å². The Morgan fingerprint density at radius 3 is 2.62 bits per heavy atom. The number of hydrogen-bond donors (Lipinski definition) is 1. The van der Waals surface area contributed by atoms with Crippen LogP contribution in [0.5, 0.6) is 0 Å². The highest BCUT2D eigenvalue weighted by Gasteiger charge is 2.30. The first kappa shape index (κ1) is 10.3. The zero-order chi connectivity index (χ0) is 10.1. The van der Waals surface area contributed by atoms with E-state index in [0.717, 1.165) is 11.3 Å². The van der Waals surface area contributed by atoms with Crippen molar-refractivity contribution in [1.29, 1.82) is 0 Å². The van der Waals surface area contributed by atoms with E-state index in [1.54, 1.807) is 13.8 Å². The molecule has 0 amide bonds. The lowest BCUT2D eigenvalue weighted by Crippen LogP contribution is -2.27. The molecule has 0 aliphatic rings. The normalized spacial score (nSPS) is 11.6. The summed E-state index contributed by atoms with van der Waals surface area (Å²) in [5.41, 5.74) is 0.465. The molecule has 0 unspecified atom stereocenters. The maximum atomic E-state index is 10.9. The minimum absolute atomic E-state index is 0.752. The van der Waals surface area contributed by atoms with Gasteiger partial charge >= 0.3 is 5.97 Å². The van der Waals surface area contributed by atoms with Crippen molar-refractivity contribution in [3.05, 3.63) is 21.9 Å². The number of carbonyl (C=O) groups is 1. The van der Waals surface area contributed by atoms with Crippen molar-refractivity contribution in [2.75, 3.05) is 0 Å². The lowest BCUT2D eigenvalue weighted by Gasteiger charge is -2.16. The van der Waals surface area contributed by atoms with Gasteiger partial charge in [-0.25, -0.2) is 0 Å². The summed E-state index contributed by atoms with van der Waals surface area (Å²) in [4.78, 5) is 11.9. The van der Waals surface area contributed by atoms with Gasteiger partial charge in [0.2, 0.25) is 0 Å². The van der Waals surface area contributed by atoms with E-state index >= 15 is 0 Å². The minimum atomic E-state index is -0.767. The first-order valence-corrected chi connectivity index (χ1v) is 5.17. The molecule has 1 rings (SSSR count). The van der Waals surface area contributed by atoms with Crippen LogP contribution < -0.4 is 0 Å². The van der Waals surface area contributed by atoms with E-state index in [2.05, 4.69) is 6.92 Å². The topological polar surface area (TPSA) is 37.3 Å². The maximum Gasteiger partial charge on any atom is 0.314 e. The molecule has 0 spiro atoms. The van der Waals surface area contributed by atoms with Crippen molar-refractivity contribution < 1.29 is 9.90 Å². The van der Waals surface area contributed by atoms with E-state index in [9.17, 15) is 4.79 Å². The average molecular weight is 198 g/mol. The number of aliphatic carboxylic acids is 1. The molecule has 2 nitrogen and oxygen atoms in total. The predicted molar refractivity (Wildman–Crippen MR) is 54.4 cm³/mol. The van der Waals surface area contributed by atoms with Gasteiger partial charge in [-0.2, -0.15) is 0 Å². The van der Waals surface area contributed by atoms with Crippen LogP contribution in [0, 0.1) is 0 Å². The first-order chi connectivity index (χ1) is 5.98. The first-order valence-electron chi connectivity index (χ1n) is 4.29. The number of rotatable bonds is 3. The Morgan fingerprint density at radius 1 is 1.62 bits per heavy atom. The summed E-state index contributed by atoms with van der Waals surface area (Å²) in [6.07, 6.45) is 0.964. The molecule has 0 bridgehead atoms. The van der Waals surface area contributed by atoms with Gasteiger partial charge in [0.05, 0.1) is 5.41 Å². The SMILES string of the molecule is CCc1csc(C(C)(C)C(=O)O)c1. The van der Waals surface area contributed by atoms with E-state index in [-0.39, 0.29) is 0 Å². The summed E-state index contributed by atoms with van der Waals surface area (Å²) in [5, 5.41) is 11.0. The van der Waals surface area contributed by atoms with Crippen molar-refractivity contribution >= 4 is 17.3 Å². The van der Waals surface area contributed by atoms with E-state index in [4.69, 9.17) is 5.11 Å². The second kappa shape index (κ2) is 3.50. The number of carboxylic acids is 1. The Kier molecular flexibility index (Phi) is 2.76. The standard InChI is InChI=1S/C10H14O2S/c1-4-7-5-8(13-6-7)10(2,3)9(11)12/h5-6H,4H2,1-3H3,(H,11,12). The second-order valence-corrected chi connectivity index (χ2v) is 4.51. The molecule has 0 saturated heterocycles.